The van der Waals surface area contributed by atoms with E-state index in [1.54, 1.807) is 0 Å². The van der Waals surface area contributed by atoms with Gasteiger partial charge in [-0.05, 0) is 37.5 Å². The third-order valence-electron chi connectivity index (χ3n) is 3.26. The predicted octanol–water partition coefficient (Wildman–Crippen LogP) is 3.28. The van der Waals surface area contributed by atoms with E-state index in [0.717, 1.165) is 18.0 Å². The number of hydrogen-bond acceptors (Lipinski definition) is 2. The van der Waals surface area contributed by atoms with E-state index >= 15 is 0 Å². The van der Waals surface area contributed by atoms with Gasteiger partial charge in [-0.3, -0.25) is 0 Å². The Morgan fingerprint density at radius 2 is 2.31 bits per heavy atom. The van der Waals surface area contributed by atoms with Crippen molar-refractivity contribution in [1.29, 1.82) is 0 Å². The largest absolute Gasteiger partial charge is 0.312 e. The molecule has 16 heavy (non-hydrogen) atoms. The molecule has 1 aromatic rings. The molecule has 1 aliphatic rings. The van der Waals surface area contributed by atoms with Gasteiger partial charge in [-0.15, -0.1) is 0 Å². The van der Waals surface area contributed by atoms with E-state index in [-0.39, 0.29) is 0 Å². The number of halogens is 1. The molecule has 1 N–H and O–H groups in total. The molecule has 1 saturated heterocycles. The molecule has 1 aromatic carbocycles. The highest BCUT2D eigenvalue weighted by atomic mass is 35.5. The van der Waals surface area contributed by atoms with Gasteiger partial charge in [0, 0.05) is 28.6 Å². The first-order valence-corrected chi connectivity index (χ1v) is 7.20. The van der Waals surface area contributed by atoms with Crippen molar-refractivity contribution in [3.8, 4) is 0 Å². The van der Waals surface area contributed by atoms with Gasteiger partial charge < -0.3 is 5.32 Å². The molecule has 1 fully saturated rings. The molecule has 0 aromatic heterocycles. The van der Waals surface area contributed by atoms with Crippen LogP contribution in [0, 0.1) is 6.92 Å². The summed E-state index contributed by atoms with van der Waals surface area (Å²) in [7, 11) is 0. The molecule has 1 heterocycles. The Kier molecular flexibility index (Phi) is 4.17. The molecule has 0 bridgehead atoms. The van der Waals surface area contributed by atoms with Gasteiger partial charge in [0.1, 0.15) is 0 Å². The summed E-state index contributed by atoms with van der Waals surface area (Å²) in [6.07, 6.45) is 1.12. The number of hydrogen-bond donors (Lipinski definition) is 1. The van der Waals surface area contributed by atoms with Crippen molar-refractivity contribution in [2.24, 2.45) is 0 Å². The maximum Gasteiger partial charge on any atom is 0.0437 e. The van der Waals surface area contributed by atoms with Gasteiger partial charge in [-0.2, -0.15) is 11.8 Å². The van der Waals surface area contributed by atoms with Gasteiger partial charge in [0.25, 0.3) is 0 Å². The highest BCUT2D eigenvalue weighted by molar-refractivity contribution is 8.00. The Hall–Kier alpha value is -0.180. The van der Waals surface area contributed by atoms with Crippen LogP contribution in [0.1, 0.15) is 18.1 Å². The van der Waals surface area contributed by atoms with Gasteiger partial charge in [-0.25, -0.2) is 0 Å². The average Bonchev–Trinajstić information content (AvgIpc) is 2.28. The molecule has 2 atom stereocenters. The topological polar surface area (TPSA) is 12.0 Å². The normalized spacial score (nSPS) is 25.7. The standard InChI is InChI=1S/C13H18ClNS/c1-9-11(4-3-5-12(9)14)8-13-10(2)15-6-7-16-13/h3-5,10,13,15H,6-8H2,1-2H3. The van der Waals surface area contributed by atoms with Crippen LogP contribution in [0.5, 0.6) is 0 Å². The van der Waals surface area contributed by atoms with Crippen LogP contribution in [-0.2, 0) is 6.42 Å². The summed E-state index contributed by atoms with van der Waals surface area (Å²) < 4.78 is 0. The van der Waals surface area contributed by atoms with Crippen LogP contribution in [-0.4, -0.2) is 23.6 Å². The maximum atomic E-state index is 6.15. The van der Waals surface area contributed by atoms with Gasteiger partial charge in [0.15, 0.2) is 0 Å². The summed E-state index contributed by atoms with van der Waals surface area (Å²) >= 11 is 8.22. The van der Waals surface area contributed by atoms with Crippen molar-refractivity contribution >= 4 is 23.4 Å². The van der Waals surface area contributed by atoms with Crippen LogP contribution >= 0.6 is 23.4 Å². The molecular weight excluding hydrogens is 238 g/mol. The molecule has 0 aliphatic carbocycles. The number of thioether (sulfide) groups is 1. The molecule has 0 radical (unpaired) electrons. The molecule has 2 rings (SSSR count). The number of nitrogens with one attached hydrogen (secondary N) is 1. The van der Waals surface area contributed by atoms with Crippen molar-refractivity contribution in [2.45, 2.75) is 31.6 Å². The molecule has 1 nitrogen and oxygen atoms in total. The van der Waals surface area contributed by atoms with Crippen molar-refractivity contribution in [3.05, 3.63) is 34.3 Å². The predicted molar refractivity (Wildman–Crippen MR) is 73.6 cm³/mol. The lowest BCUT2D eigenvalue weighted by Gasteiger charge is -2.30. The van der Waals surface area contributed by atoms with E-state index in [1.165, 1.54) is 16.9 Å². The van der Waals surface area contributed by atoms with E-state index in [4.69, 9.17) is 11.6 Å². The Balaban J connectivity index is 2.10. The van der Waals surface area contributed by atoms with Crippen LogP contribution in [0.4, 0.5) is 0 Å². The first kappa shape index (κ1) is 12.3. The lowest BCUT2D eigenvalue weighted by Crippen LogP contribution is -2.42. The molecule has 88 valence electrons. The van der Waals surface area contributed by atoms with Crippen LogP contribution in [0.15, 0.2) is 18.2 Å². The molecule has 0 saturated carbocycles. The van der Waals surface area contributed by atoms with Crippen molar-refractivity contribution < 1.29 is 0 Å². The van der Waals surface area contributed by atoms with Gasteiger partial charge in [0.05, 0.1) is 0 Å². The SMILES string of the molecule is Cc1c(Cl)cccc1CC1SCCNC1C. The summed E-state index contributed by atoms with van der Waals surface area (Å²) in [5.41, 5.74) is 2.63. The molecule has 1 aliphatic heterocycles. The number of rotatable bonds is 2. The average molecular weight is 256 g/mol. The van der Waals surface area contributed by atoms with Crippen molar-refractivity contribution in [3.63, 3.8) is 0 Å². The third kappa shape index (κ3) is 2.73. The molecular formula is C13H18ClNS. The lowest BCUT2D eigenvalue weighted by atomic mass is 10.0. The minimum atomic E-state index is 0.595. The van der Waals surface area contributed by atoms with E-state index in [9.17, 15) is 0 Å². The number of benzene rings is 1. The Bertz CT molecular complexity index is 367. The molecule has 2 unspecified atom stereocenters. The Labute approximate surface area is 107 Å². The van der Waals surface area contributed by atoms with Crippen molar-refractivity contribution in [1.82, 2.24) is 5.32 Å². The summed E-state index contributed by atoms with van der Waals surface area (Å²) in [6, 6.07) is 6.81. The second-order valence-electron chi connectivity index (χ2n) is 4.38. The summed E-state index contributed by atoms with van der Waals surface area (Å²) in [5.74, 6) is 1.22. The zero-order valence-electron chi connectivity index (χ0n) is 9.79. The second kappa shape index (κ2) is 5.44. The molecule has 0 spiro atoms. The fourth-order valence-electron chi connectivity index (χ4n) is 2.10. The lowest BCUT2D eigenvalue weighted by molar-refractivity contribution is 0.528. The van der Waals surface area contributed by atoms with Gasteiger partial charge >= 0.3 is 0 Å². The van der Waals surface area contributed by atoms with E-state index in [0.29, 0.717) is 11.3 Å². The maximum absolute atomic E-state index is 6.15. The van der Waals surface area contributed by atoms with Gasteiger partial charge in [-0.1, -0.05) is 23.7 Å². The second-order valence-corrected chi connectivity index (χ2v) is 6.13. The molecule has 0 amide bonds. The Morgan fingerprint density at radius 3 is 3.06 bits per heavy atom. The zero-order chi connectivity index (χ0) is 11.5. The quantitative estimate of drug-likeness (QED) is 0.871. The summed E-state index contributed by atoms with van der Waals surface area (Å²) in [5, 5.41) is 5.09. The summed E-state index contributed by atoms with van der Waals surface area (Å²) in [6.45, 7) is 5.52. The Morgan fingerprint density at radius 1 is 1.50 bits per heavy atom. The highest BCUT2D eigenvalue weighted by Crippen LogP contribution is 2.26. The minimum Gasteiger partial charge on any atom is -0.312 e. The van der Waals surface area contributed by atoms with Crippen LogP contribution in [0.25, 0.3) is 0 Å². The summed E-state index contributed by atoms with van der Waals surface area (Å²) in [4.78, 5) is 0. The van der Waals surface area contributed by atoms with Crippen LogP contribution in [0.2, 0.25) is 5.02 Å². The fraction of sp³-hybridized carbons (Fsp3) is 0.538. The molecule has 3 heteroatoms. The highest BCUT2D eigenvalue weighted by Gasteiger charge is 2.22. The smallest absolute Gasteiger partial charge is 0.0437 e. The zero-order valence-corrected chi connectivity index (χ0v) is 11.4. The minimum absolute atomic E-state index is 0.595. The monoisotopic (exact) mass is 255 g/mol. The first-order valence-electron chi connectivity index (χ1n) is 5.77. The first-order chi connectivity index (χ1) is 7.68. The van der Waals surface area contributed by atoms with E-state index in [1.807, 2.05) is 6.07 Å². The van der Waals surface area contributed by atoms with Gasteiger partial charge in [0.2, 0.25) is 0 Å². The van der Waals surface area contributed by atoms with E-state index < -0.39 is 0 Å². The third-order valence-corrected chi connectivity index (χ3v) is 5.11. The van der Waals surface area contributed by atoms with Crippen LogP contribution in [0.3, 0.4) is 0 Å². The fourth-order valence-corrected chi connectivity index (χ4v) is 3.51. The van der Waals surface area contributed by atoms with E-state index in [2.05, 4.69) is 43.1 Å². The van der Waals surface area contributed by atoms with Crippen LogP contribution < -0.4 is 5.32 Å². The van der Waals surface area contributed by atoms with Crippen molar-refractivity contribution in [2.75, 3.05) is 12.3 Å².